The van der Waals surface area contributed by atoms with Crippen molar-refractivity contribution in [2.24, 2.45) is 0 Å². The topological polar surface area (TPSA) is 52.5 Å². The summed E-state index contributed by atoms with van der Waals surface area (Å²) in [6.45, 7) is 8.13. The van der Waals surface area contributed by atoms with Gasteiger partial charge in [0, 0.05) is 50.4 Å². The first-order chi connectivity index (χ1) is 16.0. The van der Waals surface area contributed by atoms with Gasteiger partial charge in [0.1, 0.15) is 17.5 Å². The average molecular weight is 449 g/mol. The minimum Gasteiger partial charge on any atom is -0.391 e. The van der Waals surface area contributed by atoms with Crippen LogP contribution in [0, 0.1) is 12.7 Å². The number of hydrogen-bond acceptors (Lipinski definition) is 5. The molecule has 4 rings (SSSR count). The first-order valence-electron chi connectivity index (χ1n) is 11.8. The number of rotatable bonds is 8. The molecular formula is C27H33FN4O. The zero-order valence-electron chi connectivity index (χ0n) is 19.5. The molecule has 0 bridgehead atoms. The van der Waals surface area contributed by atoms with E-state index in [1.54, 1.807) is 12.1 Å². The van der Waals surface area contributed by atoms with E-state index in [1.807, 2.05) is 31.2 Å². The molecule has 5 nitrogen and oxygen atoms in total. The highest BCUT2D eigenvalue weighted by Crippen LogP contribution is 2.26. The van der Waals surface area contributed by atoms with Gasteiger partial charge in [-0.1, -0.05) is 49.4 Å². The van der Waals surface area contributed by atoms with E-state index in [4.69, 9.17) is 4.98 Å². The summed E-state index contributed by atoms with van der Waals surface area (Å²) in [5.41, 5.74) is 4.21. The van der Waals surface area contributed by atoms with E-state index in [-0.39, 0.29) is 11.9 Å². The third-order valence-corrected chi connectivity index (χ3v) is 6.24. The molecule has 0 saturated carbocycles. The van der Waals surface area contributed by atoms with Crippen LogP contribution in [0.25, 0.3) is 0 Å². The van der Waals surface area contributed by atoms with Crippen molar-refractivity contribution in [2.45, 2.75) is 39.2 Å². The normalized spacial score (nSPS) is 15.6. The van der Waals surface area contributed by atoms with Gasteiger partial charge in [-0.05, 0) is 43.0 Å². The second-order valence-corrected chi connectivity index (χ2v) is 8.81. The second kappa shape index (κ2) is 10.9. The van der Waals surface area contributed by atoms with Gasteiger partial charge in [-0.25, -0.2) is 14.4 Å². The molecule has 1 aromatic heterocycles. The number of piperazine rings is 1. The van der Waals surface area contributed by atoms with Gasteiger partial charge in [-0.15, -0.1) is 0 Å². The molecular weight excluding hydrogens is 415 g/mol. The summed E-state index contributed by atoms with van der Waals surface area (Å²) in [5.74, 6) is 1.52. The SMILES string of the molecule is CCc1nc(C)nc(N2CCN(C[C@@H](O)Cc3ccccc3)CC2)c1Cc1cccc(F)c1. The molecule has 33 heavy (non-hydrogen) atoms. The Morgan fingerprint density at radius 3 is 2.39 bits per heavy atom. The molecule has 2 aromatic carbocycles. The van der Waals surface area contributed by atoms with Gasteiger partial charge in [-0.3, -0.25) is 4.90 Å². The monoisotopic (exact) mass is 448 g/mol. The predicted molar refractivity (Wildman–Crippen MR) is 130 cm³/mol. The van der Waals surface area contributed by atoms with E-state index in [1.165, 1.54) is 6.07 Å². The molecule has 174 valence electrons. The standard InChI is InChI=1S/C27H33FN4O/c1-3-26-25(18-22-10-7-11-23(28)16-22)27(30-20(2)29-26)32-14-12-31(13-15-32)19-24(33)17-21-8-5-4-6-9-21/h4-11,16,24,33H,3,12-15,17-19H2,1-2H3/t24-/m0/s1. The molecule has 3 aromatic rings. The summed E-state index contributed by atoms with van der Waals surface area (Å²) in [7, 11) is 0. The summed E-state index contributed by atoms with van der Waals surface area (Å²) in [4.78, 5) is 14.2. The Hall–Kier alpha value is -2.83. The van der Waals surface area contributed by atoms with E-state index >= 15 is 0 Å². The van der Waals surface area contributed by atoms with Crippen LogP contribution in [0.2, 0.25) is 0 Å². The Balaban J connectivity index is 1.44. The average Bonchev–Trinajstić information content (AvgIpc) is 2.81. The van der Waals surface area contributed by atoms with Crippen LogP contribution in [0.5, 0.6) is 0 Å². The van der Waals surface area contributed by atoms with E-state index in [0.717, 1.165) is 66.6 Å². The van der Waals surface area contributed by atoms with E-state index in [2.05, 4.69) is 33.8 Å². The smallest absolute Gasteiger partial charge is 0.136 e. The summed E-state index contributed by atoms with van der Waals surface area (Å²) < 4.78 is 13.8. The van der Waals surface area contributed by atoms with Gasteiger partial charge in [0.15, 0.2) is 0 Å². The molecule has 0 radical (unpaired) electrons. The maximum Gasteiger partial charge on any atom is 0.136 e. The van der Waals surface area contributed by atoms with Crippen LogP contribution in [0.1, 0.15) is 35.1 Å². The molecule has 1 aliphatic heterocycles. The van der Waals surface area contributed by atoms with Crippen molar-refractivity contribution in [3.63, 3.8) is 0 Å². The molecule has 1 N–H and O–H groups in total. The van der Waals surface area contributed by atoms with Crippen LogP contribution in [0.4, 0.5) is 10.2 Å². The molecule has 0 aliphatic carbocycles. The maximum absolute atomic E-state index is 13.8. The van der Waals surface area contributed by atoms with Gasteiger partial charge in [0.25, 0.3) is 0 Å². The number of nitrogens with zero attached hydrogens (tertiary/aromatic N) is 4. The minimum atomic E-state index is -0.379. The van der Waals surface area contributed by atoms with Crippen LogP contribution < -0.4 is 4.90 Å². The largest absolute Gasteiger partial charge is 0.391 e. The number of aliphatic hydroxyl groups excluding tert-OH is 1. The first-order valence-corrected chi connectivity index (χ1v) is 11.8. The van der Waals surface area contributed by atoms with Crippen molar-refractivity contribution in [2.75, 3.05) is 37.6 Å². The van der Waals surface area contributed by atoms with Gasteiger partial charge in [0.2, 0.25) is 0 Å². The van der Waals surface area contributed by atoms with Crippen molar-refractivity contribution in [3.8, 4) is 0 Å². The highest BCUT2D eigenvalue weighted by atomic mass is 19.1. The summed E-state index contributed by atoms with van der Waals surface area (Å²) in [6, 6.07) is 16.9. The molecule has 0 amide bonds. The lowest BCUT2D eigenvalue weighted by Gasteiger charge is -2.37. The first kappa shape index (κ1) is 23.3. The highest BCUT2D eigenvalue weighted by molar-refractivity contribution is 5.52. The van der Waals surface area contributed by atoms with Crippen LogP contribution in [-0.2, 0) is 19.3 Å². The molecule has 1 fully saturated rings. The van der Waals surface area contributed by atoms with Crippen molar-refractivity contribution in [3.05, 3.63) is 88.6 Å². The molecule has 1 atom stereocenters. The van der Waals surface area contributed by atoms with E-state index < -0.39 is 0 Å². The zero-order valence-corrected chi connectivity index (χ0v) is 19.5. The summed E-state index contributed by atoms with van der Waals surface area (Å²) >= 11 is 0. The number of benzene rings is 2. The third kappa shape index (κ3) is 6.15. The number of anilines is 1. The highest BCUT2D eigenvalue weighted by Gasteiger charge is 2.24. The number of β-amino-alcohol motifs (C(OH)–C–C–N with tert-alkyl or cyclic N) is 1. The van der Waals surface area contributed by atoms with Crippen LogP contribution in [-0.4, -0.2) is 58.8 Å². The number of aryl methyl sites for hydroxylation is 2. The van der Waals surface area contributed by atoms with Crippen LogP contribution >= 0.6 is 0 Å². The fraction of sp³-hybridized carbons (Fsp3) is 0.407. The Labute approximate surface area is 195 Å². The summed E-state index contributed by atoms with van der Waals surface area (Å²) in [5, 5.41) is 10.6. The quantitative estimate of drug-likeness (QED) is 0.568. The number of halogens is 1. The lowest BCUT2D eigenvalue weighted by atomic mass is 10.0. The second-order valence-electron chi connectivity index (χ2n) is 8.81. The molecule has 0 spiro atoms. The Bertz CT molecular complexity index is 1050. The fourth-order valence-electron chi connectivity index (χ4n) is 4.61. The van der Waals surface area contributed by atoms with Crippen molar-refractivity contribution >= 4 is 5.82 Å². The molecule has 1 saturated heterocycles. The fourth-order valence-corrected chi connectivity index (χ4v) is 4.61. The van der Waals surface area contributed by atoms with E-state index in [0.29, 0.717) is 19.4 Å². The van der Waals surface area contributed by atoms with Crippen LogP contribution in [0.3, 0.4) is 0 Å². The van der Waals surface area contributed by atoms with Gasteiger partial charge >= 0.3 is 0 Å². The van der Waals surface area contributed by atoms with Crippen molar-refractivity contribution < 1.29 is 9.50 Å². The van der Waals surface area contributed by atoms with Gasteiger partial charge < -0.3 is 10.0 Å². The predicted octanol–water partition coefficient (Wildman–Crippen LogP) is 3.80. The Morgan fingerprint density at radius 1 is 0.970 bits per heavy atom. The number of aromatic nitrogens is 2. The molecule has 0 unspecified atom stereocenters. The third-order valence-electron chi connectivity index (χ3n) is 6.24. The van der Waals surface area contributed by atoms with Crippen LogP contribution in [0.15, 0.2) is 54.6 Å². The number of aliphatic hydroxyl groups is 1. The van der Waals surface area contributed by atoms with E-state index in [9.17, 15) is 9.50 Å². The van der Waals surface area contributed by atoms with Crippen molar-refractivity contribution in [1.29, 1.82) is 0 Å². The number of hydrogen-bond donors (Lipinski definition) is 1. The maximum atomic E-state index is 13.8. The lowest BCUT2D eigenvalue weighted by molar-refractivity contribution is 0.109. The zero-order chi connectivity index (χ0) is 23.2. The van der Waals surface area contributed by atoms with Crippen molar-refractivity contribution in [1.82, 2.24) is 14.9 Å². The lowest BCUT2D eigenvalue weighted by Crippen LogP contribution is -2.49. The molecule has 1 aliphatic rings. The minimum absolute atomic E-state index is 0.220. The molecule has 6 heteroatoms. The summed E-state index contributed by atoms with van der Waals surface area (Å²) in [6.07, 6.45) is 1.72. The Kier molecular flexibility index (Phi) is 7.68. The van der Waals surface area contributed by atoms with Gasteiger partial charge in [-0.2, -0.15) is 0 Å². The van der Waals surface area contributed by atoms with Gasteiger partial charge in [0.05, 0.1) is 6.10 Å². The molecule has 2 heterocycles. The Morgan fingerprint density at radius 2 is 1.70 bits per heavy atom.